The summed E-state index contributed by atoms with van der Waals surface area (Å²) in [6.45, 7) is -0.106. The number of aryl methyl sites for hydroxylation is 2. The van der Waals surface area contributed by atoms with Crippen LogP contribution in [0, 0.1) is 0 Å². The number of halogens is 1. The lowest BCUT2D eigenvalue weighted by Gasteiger charge is -2.09. The van der Waals surface area contributed by atoms with E-state index < -0.39 is 5.97 Å². The van der Waals surface area contributed by atoms with Crippen molar-refractivity contribution in [2.45, 2.75) is 32.3 Å². The molecule has 1 aliphatic rings. The van der Waals surface area contributed by atoms with Crippen LogP contribution < -0.4 is 5.56 Å². The number of nitrogens with zero attached hydrogens (tertiary/aromatic N) is 1. The fourth-order valence-electron chi connectivity index (χ4n) is 2.91. The summed E-state index contributed by atoms with van der Waals surface area (Å²) >= 11 is 4.69. The summed E-state index contributed by atoms with van der Waals surface area (Å²) < 4.78 is 10.7. The molecule has 0 amide bonds. The molecular formula is C16H13BrN2O4S. The Morgan fingerprint density at radius 1 is 1.38 bits per heavy atom. The van der Waals surface area contributed by atoms with Crippen LogP contribution in [0.4, 0.5) is 0 Å². The monoisotopic (exact) mass is 408 g/mol. The van der Waals surface area contributed by atoms with E-state index in [2.05, 4.69) is 25.9 Å². The van der Waals surface area contributed by atoms with Gasteiger partial charge in [-0.1, -0.05) is 0 Å². The van der Waals surface area contributed by atoms with Crippen LogP contribution in [0.25, 0.3) is 10.2 Å². The number of carbonyl (C=O) groups excluding carboxylic acids is 1. The summed E-state index contributed by atoms with van der Waals surface area (Å²) in [7, 11) is 0. The van der Waals surface area contributed by atoms with Gasteiger partial charge in [0, 0.05) is 4.88 Å². The second-order valence-corrected chi connectivity index (χ2v) is 7.45. The fourth-order valence-corrected chi connectivity index (χ4v) is 4.49. The molecular weight excluding hydrogens is 396 g/mol. The van der Waals surface area contributed by atoms with E-state index in [1.807, 2.05) is 0 Å². The molecule has 0 atom stereocenters. The minimum atomic E-state index is -0.603. The van der Waals surface area contributed by atoms with Crippen LogP contribution in [-0.4, -0.2) is 15.9 Å². The molecule has 6 nitrogen and oxygen atoms in total. The van der Waals surface area contributed by atoms with E-state index in [0.29, 0.717) is 15.9 Å². The predicted molar refractivity (Wildman–Crippen MR) is 92.4 cm³/mol. The molecule has 1 aliphatic carbocycles. The van der Waals surface area contributed by atoms with Gasteiger partial charge in [0.2, 0.25) is 5.76 Å². The first-order valence-corrected chi connectivity index (χ1v) is 9.18. The molecule has 0 saturated heterocycles. The number of aromatic amines is 1. The van der Waals surface area contributed by atoms with Gasteiger partial charge in [0.25, 0.3) is 5.56 Å². The zero-order chi connectivity index (χ0) is 16.7. The lowest BCUT2D eigenvalue weighted by atomic mass is 9.97. The fraction of sp³-hybridized carbons (Fsp3) is 0.312. The van der Waals surface area contributed by atoms with Gasteiger partial charge in [-0.3, -0.25) is 4.79 Å². The number of ether oxygens (including phenoxy) is 1. The number of rotatable bonds is 3. The van der Waals surface area contributed by atoms with Crippen molar-refractivity contribution in [3.05, 3.63) is 49.2 Å². The molecule has 3 aromatic rings. The van der Waals surface area contributed by atoms with E-state index in [-0.39, 0.29) is 17.9 Å². The van der Waals surface area contributed by atoms with Crippen LogP contribution in [0.1, 0.15) is 39.7 Å². The Hall–Kier alpha value is -1.93. The number of fused-ring (bicyclic) bond motifs is 3. The van der Waals surface area contributed by atoms with Crippen molar-refractivity contribution in [3.8, 4) is 0 Å². The van der Waals surface area contributed by atoms with Crippen LogP contribution in [0.3, 0.4) is 0 Å². The first-order chi connectivity index (χ1) is 11.6. The average molecular weight is 409 g/mol. The molecule has 0 fully saturated rings. The Morgan fingerprint density at radius 2 is 2.21 bits per heavy atom. The minimum absolute atomic E-state index is 0.0943. The van der Waals surface area contributed by atoms with Crippen molar-refractivity contribution in [3.63, 3.8) is 0 Å². The third-order valence-corrected chi connectivity index (χ3v) is 5.60. The van der Waals surface area contributed by atoms with Gasteiger partial charge in [-0.05, 0) is 59.3 Å². The number of nitrogens with one attached hydrogen (secondary N) is 1. The Kier molecular flexibility index (Phi) is 4.01. The average Bonchev–Trinajstić information content (AvgIpc) is 3.16. The lowest BCUT2D eigenvalue weighted by Crippen LogP contribution is -2.15. The van der Waals surface area contributed by atoms with Crippen molar-refractivity contribution >= 4 is 43.5 Å². The molecule has 3 aromatic heterocycles. The standard InChI is InChI=1S/C16H13BrN2O4S/c17-11-6-5-9(23-11)16(21)22-7-12-18-14(20)13-8-3-1-2-4-10(8)24-15(13)19-12/h5-6H,1-4,7H2,(H,18,19,20). The highest BCUT2D eigenvalue weighted by molar-refractivity contribution is 9.10. The van der Waals surface area contributed by atoms with Gasteiger partial charge in [0.1, 0.15) is 17.3 Å². The van der Waals surface area contributed by atoms with Crippen LogP contribution in [0.2, 0.25) is 0 Å². The van der Waals surface area contributed by atoms with Crippen molar-refractivity contribution in [2.75, 3.05) is 0 Å². The third-order valence-electron chi connectivity index (χ3n) is 3.99. The first-order valence-electron chi connectivity index (χ1n) is 7.58. The predicted octanol–water partition coefficient (Wildman–Crippen LogP) is 3.58. The summed E-state index contributed by atoms with van der Waals surface area (Å²) in [4.78, 5) is 33.4. The molecule has 0 saturated carbocycles. The molecule has 0 aliphatic heterocycles. The van der Waals surface area contributed by atoms with E-state index in [9.17, 15) is 9.59 Å². The number of thiophene rings is 1. The highest BCUT2D eigenvalue weighted by atomic mass is 79.9. The Balaban J connectivity index is 1.59. The summed E-state index contributed by atoms with van der Waals surface area (Å²) in [6, 6.07) is 3.12. The van der Waals surface area contributed by atoms with E-state index in [1.165, 1.54) is 10.9 Å². The summed E-state index contributed by atoms with van der Waals surface area (Å²) in [6.07, 6.45) is 4.20. The number of furan rings is 1. The molecule has 4 rings (SSSR count). The van der Waals surface area contributed by atoms with Crippen LogP contribution in [-0.2, 0) is 24.2 Å². The molecule has 24 heavy (non-hydrogen) atoms. The normalized spacial score (nSPS) is 13.9. The highest BCUT2D eigenvalue weighted by Crippen LogP contribution is 2.33. The van der Waals surface area contributed by atoms with Crippen LogP contribution in [0.5, 0.6) is 0 Å². The van der Waals surface area contributed by atoms with Gasteiger partial charge in [0.15, 0.2) is 4.67 Å². The molecule has 124 valence electrons. The maximum Gasteiger partial charge on any atom is 0.374 e. The van der Waals surface area contributed by atoms with Crippen molar-refractivity contribution < 1.29 is 13.9 Å². The maximum atomic E-state index is 12.4. The van der Waals surface area contributed by atoms with E-state index >= 15 is 0 Å². The zero-order valence-corrected chi connectivity index (χ0v) is 15.0. The van der Waals surface area contributed by atoms with E-state index in [4.69, 9.17) is 9.15 Å². The van der Waals surface area contributed by atoms with Gasteiger partial charge >= 0.3 is 5.97 Å². The van der Waals surface area contributed by atoms with Gasteiger partial charge in [-0.15, -0.1) is 11.3 Å². The number of hydrogen-bond donors (Lipinski definition) is 1. The second-order valence-electron chi connectivity index (χ2n) is 5.58. The number of hydrogen-bond acceptors (Lipinski definition) is 6. The first kappa shape index (κ1) is 15.6. The van der Waals surface area contributed by atoms with Crippen LogP contribution >= 0.6 is 27.3 Å². The second kappa shape index (κ2) is 6.18. The van der Waals surface area contributed by atoms with E-state index in [0.717, 1.165) is 36.1 Å². The SMILES string of the molecule is O=C(OCc1nc2sc3c(c2c(=O)[nH]1)CCCC3)c1ccc(Br)o1. The Labute approximate surface area is 149 Å². The molecule has 8 heteroatoms. The highest BCUT2D eigenvalue weighted by Gasteiger charge is 2.20. The molecule has 0 bridgehead atoms. The summed E-state index contributed by atoms with van der Waals surface area (Å²) in [5.41, 5.74) is 0.977. The quantitative estimate of drug-likeness (QED) is 0.669. The molecule has 0 unspecified atom stereocenters. The minimum Gasteiger partial charge on any atom is -0.452 e. The number of aromatic nitrogens is 2. The smallest absolute Gasteiger partial charge is 0.374 e. The van der Waals surface area contributed by atoms with Crippen molar-refractivity contribution in [1.29, 1.82) is 0 Å². The van der Waals surface area contributed by atoms with Gasteiger partial charge in [-0.2, -0.15) is 0 Å². The third kappa shape index (κ3) is 2.80. The number of carbonyl (C=O) groups is 1. The lowest BCUT2D eigenvalue weighted by molar-refractivity contribution is 0.0424. The Morgan fingerprint density at radius 3 is 3.00 bits per heavy atom. The summed E-state index contributed by atoms with van der Waals surface area (Å²) in [5.74, 6) is -0.170. The van der Waals surface area contributed by atoms with Crippen LogP contribution in [0.15, 0.2) is 26.0 Å². The van der Waals surface area contributed by atoms with Gasteiger partial charge in [-0.25, -0.2) is 9.78 Å². The molecule has 3 heterocycles. The number of esters is 1. The van der Waals surface area contributed by atoms with Crippen molar-refractivity contribution in [1.82, 2.24) is 9.97 Å². The van der Waals surface area contributed by atoms with E-state index in [1.54, 1.807) is 17.4 Å². The van der Waals surface area contributed by atoms with Gasteiger partial charge < -0.3 is 14.1 Å². The topological polar surface area (TPSA) is 85.2 Å². The Bertz CT molecular complexity index is 988. The molecule has 0 aromatic carbocycles. The summed E-state index contributed by atoms with van der Waals surface area (Å²) in [5, 5.41) is 0.694. The van der Waals surface area contributed by atoms with Crippen molar-refractivity contribution in [2.24, 2.45) is 0 Å². The largest absolute Gasteiger partial charge is 0.452 e. The molecule has 0 spiro atoms. The number of H-pyrrole nitrogens is 1. The zero-order valence-electron chi connectivity index (χ0n) is 12.6. The molecule has 0 radical (unpaired) electrons. The maximum absolute atomic E-state index is 12.4. The van der Waals surface area contributed by atoms with Gasteiger partial charge in [0.05, 0.1) is 5.39 Å². The molecule has 1 N–H and O–H groups in total.